The lowest BCUT2D eigenvalue weighted by Gasteiger charge is -2.38. The van der Waals surface area contributed by atoms with Gasteiger partial charge in [0, 0.05) is 18.8 Å². The molecule has 0 radical (unpaired) electrons. The molecule has 0 amide bonds. The van der Waals surface area contributed by atoms with E-state index in [2.05, 4.69) is 40.5 Å². The van der Waals surface area contributed by atoms with E-state index >= 15 is 0 Å². The van der Waals surface area contributed by atoms with Gasteiger partial charge in [0.1, 0.15) is 0 Å². The largest absolute Gasteiger partial charge is 0.372 e. The van der Waals surface area contributed by atoms with Crippen LogP contribution >= 0.6 is 0 Å². The second kappa shape index (κ2) is 5.75. The van der Waals surface area contributed by atoms with Crippen LogP contribution in [0.4, 0.5) is 5.69 Å². The molecule has 98 valence electrons. The fourth-order valence-corrected chi connectivity index (χ4v) is 3.58. The molecule has 0 bridgehead atoms. The highest BCUT2D eigenvalue weighted by Gasteiger charge is 2.27. The normalized spacial score (nSPS) is 23.2. The van der Waals surface area contributed by atoms with Gasteiger partial charge < -0.3 is 10.2 Å². The molecule has 2 fully saturated rings. The summed E-state index contributed by atoms with van der Waals surface area (Å²) in [5.74, 6) is 1.97. The third-order valence-corrected chi connectivity index (χ3v) is 4.71. The fraction of sp³-hybridized carbons (Fsp3) is 0.625. The Kier molecular flexibility index (Phi) is 3.84. The van der Waals surface area contributed by atoms with Crippen LogP contribution < -0.4 is 10.2 Å². The Balaban J connectivity index is 1.54. The summed E-state index contributed by atoms with van der Waals surface area (Å²) in [6, 6.07) is 10.9. The molecule has 0 spiro atoms. The smallest absolute Gasteiger partial charge is 0.0366 e. The number of anilines is 1. The maximum absolute atomic E-state index is 3.48. The van der Waals surface area contributed by atoms with E-state index in [0.717, 1.165) is 11.8 Å². The van der Waals surface area contributed by atoms with E-state index < -0.39 is 0 Å². The van der Waals surface area contributed by atoms with Crippen LogP contribution in [-0.4, -0.2) is 26.2 Å². The number of nitrogens with one attached hydrogen (secondary N) is 1. The second-order valence-corrected chi connectivity index (χ2v) is 5.75. The van der Waals surface area contributed by atoms with Gasteiger partial charge in [-0.1, -0.05) is 18.2 Å². The number of piperidine rings is 2. The maximum Gasteiger partial charge on any atom is 0.0366 e. The first-order valence-corrected chi connectivity index (χ1v) is 7.44. The molecule has 3 rings (SSSR count). The van der Waals surface area contributed by atoms with Crippen LogP contribution in [0.1, 0.15) is 25.7 Å². The Hall–Kier alpha value is -1.02. The highest BCUT2D eigenvalue weighted by atomic mass is 15.1. The van der Waals surface area contributed by atoms with Crippen LogP contribution in [0.5, 0.6) is 0 Å². The lowest BCUT2D eigenvalue weighted by atomic mass is 9.79. The lowest BCUT2D eigenvalue weighted by Crippen LogP contribution is -2.39. The number of para-hydroxylation sites is 1. The standard InChI is InChI=1S/C16H24N2/c1-2-4-16(5-3-1)18-12-8-15(9-13-18)14-6-10-17-11-7-14/h1-5,14-15,17H,6-13H2. The van der Waals surface area contributed by atoms with Gasteiger partial charge in [0.2, 0.25) is 0 Å². The molecule has 1 aromatic rings. The van der Waals surface area contributed by atoms with E-state index in [4.69, 9.17) is 0 Å². The highest BCUT2D eigenvalue weighted by Crippen LogP contribution is 2.32. The quantitative estimate of drug-likeness (QED) is 0.860. The summed E-state index contributed by atoms with van der Waals surface area (Å²) in [7, 11) is 0. The molecule has 18 heavy (non-hydrogen) atoms. The lowest BCUT2D eigenvalue weighted by molar-refractivity contribution is 0.222. The van der Waals surface area contributed by atoms with Gasteiger partial charge in [-0.05, 0) is 62.7 Å². The van der Waals surface area contributed by atoms with Crippen molar-refractivity contribution in [1.29, 1.82) is 0 Å². The summed E-state index contributed by atoms with van der Waals surface area (Å²) in [4.78, 5) is 2.55. The zero-order valence-corrected chi connectivity index (χ0v) is 11.1. The van der Waals surface area contributed by atoms with Crippen LogP contribution in [0.2, 0.25) is 0 Å². The Morgan fingerprint density at radius 2 is 1.44 bits per heavy atom. The van der Waals surface area contributed by atoms with Crippen molar-refractivity contribution in [1.82, 2.24) is 5.32 Å². The second-order valence-electron chi connectivity index (χ2n) is 5.75. The molecular formula is C16H24N2. The molecule has 2 heterocycles. The molecule has 0 unspecified atom stereocenters. The summed E-state index contributed by atoms with van der Waals surface area (Å²) < 4.78 is 0. The summed E-state index contributed by atoms with van der Waals surface area (Å²) in [6.45, 7) is 4.98. The Labute approximate surface area is 110 Å². The molecule has 2 heteroatoms. The van der Waals surface area contributed by atoms with Gasteiger partial charge in [0.05, 0.1) is 0 Å². The van der Waals surface area contributed by atoms with E-state index in [-0.39, 0.29) is 0 Å². The van der Waals surface area contributed by atoms with Crippen molar-refractivity contribution in [3.8, 4) is 0 Å². The highest BCUT2D eigenvalue weighted by molar-refractivity contribution is 5.46. The number of benzene rings is 1. The first-order chi connectivity index (χ1) is 8.93. The van der Waals surface area contributed by atoms with Gasteiger partial charge in [-0.15, -0.1) is 0 Å². The average molecular weight is 244 g/mol. The van der Waals surface area contributed by atoms with E-state index in [1.165, 1.54) is 57.5 Å². The molecule has 0 aromatic heterocycles. The SMILES string of the molecule is c1ccc(N2CCC(C3CCNCC3)CC2)cc1. The van der Waals surface area contributed by atoms with Gasteiger partial charge in [-0.2, -0.15) is 0 Å². The van der Waals surface area contributed by atoms with Crippen LogP contribution in [0.3, 0.4) is 0 Å². The minimum Gasteiger partial charge on any atom is -0.372 e. The number of nitrogens with zero attached hydrogens (tertiary/aromatic N) is 1. The Morgan fingerprint density at radius 1 is 0.833 bits per heavy atom. The van der Waals surface area contributed by atoms with Crippen molar-refractivity contribution < 1.29 is 0 Å². The van der Waals surface area contributed by atoms with Crippen molar-refractivity contribution in [2.24, 2.45) is 11.8 Å². The van der Waals surface area contributed by atoms with E-state index in [1.807, 2.05) is 0 Å². The Bertz CT molecular complexity index is 349. The fourth-order valence-electron chi connectivity index (χ4n) is 3.58. The van der Waals surface area contributed by atoms with Crippen molar-refractivity contribution in [2.75, 3.05) is 31.1 Å². The van der Waals surface area contributed by atoms with Crippen LogP contribution in [-0.2, 0) is 0 Å². The summed E-state index contributed by atoms with van der Waals surface area (Å²) in [5, 5.41) is 3.48. The summed E-state index contributed by atoms with van der Waals surface area (Å²) >= 11 is 0. The van der Waals surface area contributed by atoms with Gasteiger partial charge >= 0.3 is 0 Å². The third kappa shape index (κ3) is 2.69. The molecule has 0 atom stereocenters. The number of hydrogen-bond acceptors (Lipinski definition) is 2. The Morgan fingerprint density at radius 3 is 2.11 bits per heavy atom. The molecule has 0 aliphatic carbocycles. The van der Waals surface area contributed by atoms with E-state index in [0.29, 0.717) is 0 Å². The van der Waals surface area contributed by atoms with Gasteiger partial charge in [0.25, 0.3) is 0 Å². The molecule has 2 aliphatic heterocycles. The van der Waals surface area contributed by atoms with Crippen molar-refractivity contribution in [3.05, 3.63) is 30.3 Å². The number of rotatable bonds is 2. The minimum atomic E-state index is 0.979. The van der Waals surface area contributed by atoms with Crippen molar-refractivity contribution in [3.63, 3.8) is 0 Å². The van der Waals surface area contributed by atoms with Crippen LogP contribution in [0.15, 0.2) is 30.3 Å². The predicted octanol–water partition coefficient (Wildman–Crippen LogP) is 2.90. The van der Waals surface area contributed by atoms with Crippen molar-refractivity contribution in [2.45, 2.75) is 25.7 Å². The van der Waals surface area contributed by atoms with E-state index in [9.17, 15) is 0 Å². The van der Waals surface area contributed by atoms with Gasteiger partial charge in [-0.3, -0.25) is 0 Å². The van der Waals surface area contributed by atoms with Gasteiger partial charge in [0.15, 0.2) is 0 Å². The van der Waals surface area contributed by atoms with E-state index in [1.54, 1.807) is 0 Å². The molecule has 2 nitrogen and oxygen atoms in total. The van der Waals surface area contributed by atoms with Gasteiger partial charge in [-0.25, -0.2) is 0 Å². The molecule has 2 saturated heterocycles. The predicted molar refractivity (Wildman–Crippen MR) is 77.0 cm³/mol. The van der Waals surface area contributed by atoms with Crippen LogP contribution in [0.25, 0.3) is 0 Å². The topological polar surface area (TPSA) is 15.3 Å². The first-order valence-electron chi connectivity index (χ1n) is 7.44. The first kappa shape index (κ1) is 12.0. The zero-order valence-electron chi connectivity index (χ0n) is 11.1. The number of hydrogen-bond donors (Lipinski definition) is 1. The molecule has 2 aliphatic rings. The average Bonchev–Trinajstić information content (AvgIpc) is 2.49. The van der Waals surface area contributed by atoms with Crippen LogP contribution in [0, 0.1) is 11.8 Å². The monoisotopic (exact) mass is 244 g/mol. The molecule has 0 saturated carbocycles. The zero-order chi connectivity index (χ0) is 12.2. The molecule has 1 aromatic carbocycles. The van der Waals surface area contributed by atoms with Crippen molar-refractivity contribution >= 4 is 5.69 Å². The third-order valence-electron chi connectivity index (χ3n) is 4.71. The maximum atomic E-state index is 3.48. The molecular weight excluding hydrogens is 220 g/mol. The summed E-state index contributed by atoms with van der Waals surface area (Å²) in [5.41, 5.74) is 1.40. The summed E-state index contributed by atoms with van der Waals surface area (Å²) in [6.07, 6.45) is 5.57. The minimum absolute atomic E-state index is 0.979. The molecule has 1 N–H and O–H groups in total.